The van der Waals surface area contributed by atoms with Gasteiger partial charge < -0.3 is 26.0 Å². The number of likely N-dealkylation sites (tertiary alicyclic amines) is 1. The minimum absolute atomic E-state index is 0.0522. The van der Waals surface area contributed by atoms with E-state index in [2.05, 4.69) is 15.5 Å². The van der Waals surface area contributed by atoms with Gasteiger partial charge in [0.15, 0.2) is 0 Å². The summed E-state index contributed by atoms with van der Waals surface area (Å²) in [6.07, 6.45) is 3.37. The number of nitrogens with zero attached hydrogens (tertiary/aromatic N) is 2. The van der Waals surface area contributed by atoms with Gasteiger partial charge in [0.05, 0.1) is 23.4 Å². The molecule has 2 aromatic carbocycles. The summed E-state index contributed by atoms with van der Waals surface area (Å²) in [5.74, 6) is -1.95. The number of nitro benzene ring substituents is 1. The lowest BCUT2D eigenvalue weighted by molar-refractivity contribution is -0.384. The van der Waals surface area contributed by atoms with Crippen LogP contribution in [0.25, 0.3) is 0 Å². The molecule has 4 rings (SSSR count). The molecule has 0 saturated carbocycles. The van der Waals surface area contributed by atoms with Crippen LogP contribution in [0.15, 0.2) is 77.3 Å². The van der Waals surface area contributed by atoms with Gasteiger partial charge in [-0.1, -0.05) is 56.3 Å². The number of nitrogens with one attached hydrogen (secondary N) is 2. The molecule has 0 spiro atoms. The van der Waals surface area contributed by atoms with Crippen molar-refractivity contribution >= 4 is 24.0 Å². The minimum atomic E-state index is -0.724. The molecule has 4 N–H and O–H groups in total. The molecule has 2 aromatic rings. The Morgan fingerprint density at radius 1 is 1.11 bits per heavy atom. The molecule has 1 fully saturated rings. The van der Waals surface area contributed by atoms with Crippen molar-refractivity contribution in [2.24, 2.45) is 11.7 Å². The molecule has 0 aliphatic carbocycles. The van der Waals surface area contributed by atoms with Gasteiger partial charge in [0.1, 0.15) is 0 Å². The first-order valence-corrected chi connectivity index (χ1v) is 15.0. The number of non-ortho nitro benzene ring substituents is 1. The fraction of sp³-hybridized carbons (Fsp3) is 0.424. The van der Waals surface area contributed by atoms with E-state index in [0.717, 1.165) is 22.5 Å². The number of hydrogen-bond acceptors (Lipinski definition) is 8. The second-order valence-electron chi connectivity index (χ2n) is 11.2. The maximum absolute atomic E-state index is 13.2. The van der Waals surface area contributed by atoms with Crippen molar-refractivity contribution < 1.29 is 24.0 Å². The fourth-order valence-corrected chi connectivity index (χ4v) is 6.66. The molecule has 1 saturated heterocycles. The van der Waals surface area contributed by atoms with Gasteiger partial charge in [0.25, 0.3) is 5.69 Å². The summed E-state index contributed by atoms with van der Waals surface area (Å²) in [6, 6.07) is 15.9. The summed E-state index contributed by atoms with van der Waals surface area (Å²) in [6.45, 7) is 5.78. The number of carbonyl (C=O) groups is 3. The molecule has 11 nitrogen and oxygen atoms in total. The van der Waals surface area contributed by atoms with Gasteiger partial charge in [-0.2, -0.15) is 0 Å². The SMILES string of the molecule is CCC1=C(NC=O)C(c2ccc([N+](=O)[O-])cc2)C(C(CCN2CCC(C(=O)OC)(c3ccccc3)CC2)C(N)=O)=C(CC)N1. The van der Waals surface area contributed by atoms with Crippen molar-refractivity contribution in [3.8, 4) is 0 Å². The zero-order valence-corrected chi connectivity index (χ0v) is 25.5. The molecule has 2 heterocycles. The Kier molecular flexibility index (Phi) is 10.5. The van der Waals surface area contributed by atoms with Crippen LogP contribution in [0.3, 0.4) is 0 Å². The zero-order chi connectivity index (χ0) is 31.9. The monoisotopic (exact) mass is 603 g/mol. The van der Waals surface area contributed by atoms with Crippen LogP contribution < -0.4 is 16.4 Å². The summed E-state index contributed by atoms with van der Waals surface area (Å²) in [4.78, 5) is 51.1. The number of esters is 1. The van der Waals surface area contributed by atoms with Crippen LogP contribution in [0.2, 0.25) is 0 Å². The van der Waals surface area contributed by atoms with Crippen LogP contribution >= 0.6 is 0 Å². The number of piperidine rings is 1. The Balaban J connectivity index is 1.63. The average Bonchev–Trinajstić information content (AvgIpc) is 3.05. The molecule has 2 amide bonds. The van der Waals surface area contributed by atoms with Crippen molar-refractivity contribution in [3.05, 3.63) is 98.5 Å². The molecule has 2 aliphatic heterocycles. The maximum atomic E-state index is 13.2. The van der Waals surface area contributed by atoms with E-state index in [1.54, 1.807) is 12.1 Å². The Labute approximate surface area is 257 Å². The Morgan fingerprint density at radius 3 is 2.27 bits per heavy atom. The van der Waals surface area contributed by atoms with Crippen molar-refractivity contribution in [1.29, 1.82) is 0 Å². The third-order valence-corrected chi connectivity index (χ3v) is 9.00. The van der Waals surface area contributed by atoms with Crippen molar-refractivity contribution in [2.75, 3.05) is 26.7 Å². The first-order valence-electron chi connectivity index (χ1n) is 15.0. The quantitative estimate of drug-likeness (QED) is 0.134. The lowest BCUT2D eigenvalue weighted by Crippen LogP contribution is -2.48. The molecule has 2 atom stereocenters. The number of nitrogens with two attached hydrogens (primary N) is 1. The van der Waals surface area contributed by atoms with Crippen LogP contribution in [0, 0.1) is 16.0 Å². The predicted octanol–water partition coefficient (Wildman–Crippen LogP) is 4.01. The number of ether oxygens (including phenoxy) is 1. The van der Waals surface area contributed by atoms with Crippen molar-refractivity contribution in [2.45, 2.75) is 57.3 Å². The topological polar surface area (TPSA) is 157 Å². The molecule has 234 valence electrons. The highest BCUT2D eigenvalue weighted by Gasteiger charge is 2.44. The molecule has 0 aromatic heterocycles. The molecule has 2 unspecified atom stereocenters. The number of hydrogen-bond donors (Lipinski definition) is 3. The summed E-state index contributed by atoms with van der Waals surface area (Å²) in [5, 5.41) is 17.6. The zero-order valence-electron chi connectivity index (χ0n) is 25.5. The third kappa shape index (κ3) is 6.52. The molecule has 0 bridgehead atoms. The number of amides is 2. The van der Waals surface area contributed by atoms with Crippen LogP contribution in [-0.2, 0) is 24.5 Å². The Bertz CT molecular complexity index is 1430. The molecule has 44 heavy (non-hydrogen) atoms. The van der Waals surface area contributed by atoms with Crippen LogP contribution in [0.1, 0.15) is 63.0 Å². The van der Waals surface area contributed by atoms with E-state index in [0.29, 0.717) is 69.4 Å². The number of primary amides is 1. The highest BCUT2D eigenvalue weighted by molar-refractivity contribution is 5.83. The molecular formula is C33H41N5O6. The predicted molar refractivity (Wildman–Crippen MR) is 166 cm³/mol. The van der Waals surface area contributed by atoms with E-state index in [-0.39, 0.29) is 11.7 Å². The maximum Gasteiger partial charge on any atom is 0.316 e. The highest BCUT2D eigenvalue weighted by atomic mass is 16.6. The number of rotatable bonds is 13. The van der Waals surface area contributed by atoms with E-state index in [1.165, 1.54) is 19.2 Å². The number of methoxy groups -OCH3 is 1. The lowest BCUT2D eigenvalue weighted by atomic mass is 9.72. The van der Waals surface area contributed by atoms with Crippen LogP contribution in [0.4, 0.5) is 5.69 Å². The van der Waals surface area contributed by atoms with Crippen molar-refractivity contribution in [1.82, 2.24) is 15.5 Å². The fourth-order valence-electron chi connectivity index (χ4n) is 6.66. The number of dihydropyridines is 1. The van der Waals surface area contributed by atoms with E-state index < -0.39 is 28.1 Å². The van der Waals surface area contributed by atoms with Gasteiger partial charge in [-0.25, -0.2) is 0 Å². The van der Waals surface area contributed by atoms with Gasteiger partial charge in [-0.05, 0) is 68.4 Å². The van der Waals surface area contributed by atoms with Gasteiger partial charge >= 0.3 is 5.97 Å². The minimum Gasteiger partial charge on any atom is -0.468 e. The standard InChI is InChI=1S/C33H41N5O6/c1-4-26-29(28(30(35-21-39)27(5-2)36-26)22-11-13-24(14-12-22)38(42)43)25(31(34)40)15-18-37-19-16-33(17-20-37,32(41)44-3)23-9-7-6-8-10-23/h6-14,21,25,28,36H,4-5,15-20H2,1-3H3,(H2,34,40)(H,35,39). The second kappa shape index (κ2) is 14.3. The normalized spacial score (nSPS) is 19.1. The Hall–Kier alpha value is -4.51. The van der Waals surface area contributed by atoms with E-state index in [4.69, 9.17) is 10.5 Å². The first kappa shape index (κ1) is 32.4. The average molecular weight is 604 g/mol. The summed E-state index contributed by atoms with van der Waals surface area (Å²) in [5.41, 5.74) is 9.96. The molecular weight excluding hydrogens is 562 g/mol. The van der Waals surface area contributed by atoms with E-state index in [9.17, 15) is 24.5 Å². The highest BCUT2D eigenvalue weighted by Crippen LogP contribution is 2.43. The van der Waals surface area contributed by atoms with Gasteiger partial charge in [0.2, 0.25) is 12.3 Å². The smallest absolute Gasteiger partial charge is 0.316 e. The lowest BCUT2D eigenvalue weighted by Gasteiger charge is -2.41. The second-order valence-corrected chi connectivity index (χ2v) is 11.2. The largest absolute Gasteiger partial charge is 0.468 e. The number of nitro groups is 1. The first-order chi connectivity index (χ1) is 21.2. The molecule has 0 radical (unpaired) electrons. The van der Waals surface area contributed by atoms with Gasteiger partial charge in [-0.3, -0.25) is 24.5 Å². The van der Waals surface area contributed by atoms with Crippen LogP contribution in [0.5, 0.6) is 0 Å². The van der Waals surface area contributed by atoms with E-state index >= 15 is 0 Å². The summed E-state index contributed by atoms with van der Waals surface area (Å²) < 4.78 is 5.23. The summed E-state index contributed by atoms with van der Waals surface area (Å²) >= 11 is 0. The number of benzene rings is 2. The van der Waals surface area contributed by atoms with Gasteiger partial charge in [-0.15, -0.1) is 0 Å². The van der Waals surface area contributed by atoms with Gasteiger partial charge in [0, 0.05) is 35.1 Å². The van der Waals surface area contributed by atoms with E-state index in [1.807, 2.05) is 44.2 Å². The van der Waals surface area contributed by atoms with Crippen molar-refractivity contribution in [3.63, 3.8) is 0 Å². The third-order valence-electron chi connectivity index (χ3n) is 9.00. The number of carbonyl (C=O) groups excluding carboxylic acids is 3. The molecule has 11 heteroatoms. The molecule has 2 aliphatic rings. The summed E-state index contributed by atoms with van der Waals surface area (Å²) in [7, 11) is 1.42. The van der Waals surface area contributed by atoms with Crippen LogP contribution in [-0.4, -0.2) is 54.9 Å². The Morgan fingerprint density at radius 2 is 1.75 bits per heavy atom. The number of allylic oxidation sites excluding steroid dienone is 3.